The van der Waals surface area contributed by atoms with Crippen LogP contribution in [0.1, 0.15) is 43.8 Å². The van der Waals surface area contributed by atoms with Gasteiger partial charge in [0, 0.05) is 17.8 Å². The van der Waals surface area contributed by atoms with Crippen LogP contribution in [0, 0.1) is 0 Å². The van der Waals surface area contributed by atoms with Crippen LogP contribution in [0.3, 0.4) is 0 Å². The molecular formula is C21H27N3O4S. The topological polar surface area (TPSA) is 80.8 Å². The zero-order valence-electron chi connectivity index (χ0n) is 17.3. The second-order valence-corrected chi connectivity index (χ2v) is 8.92. The molecule has 0 atom stereocenters. The van der Waals surface area contributed by atoms with Crippen LogP contribution in [-0.2, 0) is 28.9 Å². The van der Waals surface area contributed by atoms with E-state index in [0.717, 1.165) is 28.3 Å². The van der Waals surface area contributed by atoms with Gasteiger partial charge in [0.25, 0.3) is 5.91 Å². The molecular weight excluding hydrogens is 390 g/mol. The number of nitrogens with one attached hydrogen (secondary N) is 1. The third kappa shape index (κ3) is 5.69. The summed E-state index contributed by atoms with van der Waals surface area (Å²) in [5.74, 6) is 0.461. The first-order valence-electron chi connectivity index (χ1n) is 9.72. The van der Waals surface area contributed by atoms with Crippen LogP contribution in [0.25, 0.3) is 0 Å². The number of nitrogens with zero attached hydrogens (tertiary/aromatic N) is 2. The van der Waals surface area contributed by atoms with E-state index in [0.29, 0.717) is 24.6 Å². The number of amides is 2. The number of aryl methyl sites for hydroxylation is 1. The van der Waals surface area contributed by atoms with Crippen LogP contribution in [0.5, 0.6) is 5.75 Å². The number of hydrogen-bond acceptors (Lipinski definition) is 6. The fourth-order valence-corrected chi connectivity index (χ4v) is 4.01. The van der Waals surface area contributed by atoms with Gasteiger partial charge in [0.15, 0.2) is 11.7 Å². The number of rotatable bonds is 5. The zero-order valence-corrected chi connectivity index (χ0v) is 18.1. The van der Waals surface area contributed by atoms with Crippen molar-refractivity contribution < 1.29 is 19.1 Å². The third-order valence-corrected chi connectivity index (χ3v) is 5.34. The van der Waals surface area contributed by atoms with E-state index in [1.807, 2.05) is 52.0 Å². The lowest BCUT2D eigenvalue weighted by molar-refractivity contribution is -0.118. The molecule has 0 fully saturated rings. The van der Waals surface area contributed by atoms with Crippen molar-refractivity contribution in [2.24, 2.45) is 0 Å². The SMILES string of the molecule is CCc1ccccc1OCC(=O)Nc1nc2c(s1)CN(C(=O)OC(C)(C)C)CC2. The Morgan fingerprint density at radius 1 is 1.28 bits per heavy atom. The number of carbonyl (C=O) groups excluding carboxylic acids is 2. The van der Waals surface area contributed by atoms with Gasteiger partial charge in [-0.2, -0.15) is 0 Å². The highest BCUT2D eigenvalue weighted by atomic mass is 32.1. The van der Waals surface area contributed by atoms with Crippen LogP contribution in [-0.4, -0.2) is 40.6 Å². The molecule has 2 aromatic rings. The smallest absolute Gasteiger partial charge is 0.410 e. The van der Waals surface area contributed by atoms with Crippen molar-refractivity contribution in [2.75, 3.05) is 18.5 Å². The van der Waals surface area contributed by atoms with Crippen LogP contribution in [0.4, 0.5) is 9.93 Å². The van der Waals surface area contributed by atoms with E-state index in [9.17, 15) is 9.59 Å². The van der Waals surface area contributed by atoms with E-state index in [4.69, 9.17) is 9.47 Å². The minimum absolute atomic E-state index is 0.0781. The molecule has 0 bridgehead atoms. The van der Waals surface area contributed by atoms with Gasteiger partial charge in [-0.1, -0.05) is 36.5 Å². The van der Waals surface area contributed by atoms with Gasteiger partial charge in [-0.25, -0.2) is 9.78 Å². The zero-order chi connectivity index (χ0) is 21.0. The number of hydrogen-bond donors (Lipinski definition) is 1. The number of carbonyl (C=O) groups is 2. The highest BCUT2D eigenvalue weighted by Crippen LogP contribution is 2.29. The van der Waals surface area contributed by atoms with Crippen molar-refractivity contribution in [3.63, 3.8) is 0 Å². The molecule has 156 valence electrons. The summed E-state index contributed by atoms with van der Waals surface area (Å²) in [6, 6.07) is 7.68. The molecule has 29 heavy (non-hydrogen) atoms. The Morgan fingerprint density at radius 3 is 2.76 bits per heavy atom. The van der Waals surface area contributed by atoms with Gasteiger partial charge in [0.1, 0.15) is 11.4 Å². The van der Waals surface area contributed by atoms with Crippen molar-refractivity contribution in [2.45, 2.75) is 52.7 Å². The molecule has 0 saturated heterocycles. The molecule has 0 radical (unpaired) electrons. The Morgan fingerprint density at radius 2 is 2.03 bits per heavy atom. The lowest BCUT2D eigenvalue weighted by Gasteiger charge is -2.29. The predicted octanol–water partition coefficient (Wildman–Crippen LogP) is 4.02. The summed E-state index contributed by atoms with van der Waals surface area (Å²) in [5.41, 5.74) is 1.45. The summed E-state index contributed by atoms with van der Waals surface area (Å²) >= 11 is 1.38. The molecule has 1 N–H and O–H groups in total. The van der Waals surface area contributed by atoms with Gasteiger partial charge in [-0.05, 0) is 38.8 Å². The maximum atomic E-state index is 12.3. The van der Waals surface area contributed by atoms with Crippen molar-refractivity contribution in [3.8, 4) is 5.75 Å². The molecule has 0 spiro atoms. The number of para-hydroxylation sites is 1. The second kappa shape index (κ2) is 8.82. The monoisotopic (exact) mass is 417 g/mol. The van der Waals surface area contributed by atoms with Crippen LogP contribution in [0.15, 0.2) is 24.3 Å². The molecule has 1 aromatic heterocycles. The van der Waals surface area contributed by atoms with Gasteiger partial charge in [-0.3, -0.25) is 10.1 Å². The highest BCUT2D eigenvalue weighted by Gasteiger charge is 2.28. The molecule has 0 saturated carbocycles. The molecule has 0 unspecified atom stereocenters. The summed E-state index contributed by atoms with van der Waals surface area (Å²) in [4.78, 5) is 31.7. The first-order chi connectivity index (χ1) is 13.7. The molecule has 0 aliphatic carbocycles. The van der Waals surface area contributed by atoms with E-state index in [1.54, 1.807) is 4.90 Å². The van der Waals surface area contributed by atoms with Crippen LogP contribution in [0.2, 0.25) is 0 Å². The number of ether oxygens (including phenoxy) is 2. The maximum Gasteiger partial charge on any atom is 0.410 e. The van der Waals surface area contributed by atoms with Gasteiger partial charge in [0.05, 0.1) is 12.2 Å². The fraction of sp³-hybridized carbons (Fsp3) is 0.476. The molecule has 2 amide bonds. The van der Waals surface area contributed by atoms with Crippen molar-refractivity contribution in [1.82, 2.24) is 9.88 Å². The number of thiazole rings is 1. The molecule has 7 nitrogen and oxygen atoms in total. The molecule has 1 aliphatic rings. The van der Waals surface area contributed by atoms with Crippen molar-refractivity contribution in [1.29, 1.82) is 0 Å². The average molecular weight is 418 g/mol. The lowest BCUT2D eigenvalue weighted by atomic mass is 10.1. The summed E-state index contributed by atoms with van der Waals surface area (Å²) in [7, 11) is 0. The standard InChI is InChI=1S/C21H27N3O4S/c1-5-14-8-6-7-9-16(14)27-13-18(25)23-19-22-15-10-11-24(12-17(15)29-19)20(26)28-21(2,3)4/h6-9H,5,10-13H2,1-4H3,(H,22,23,25). The Labute approximate surface area is 175 Å². The summed E-state index contributed by atoms with van der Waals surface area (Å²) < 4.78 is 11.1. The Balaban J connectivity index is 1.56. The number of aromatic nitrogens is 1. The Kier molecular flexibility index (Phi) is 6.42. The molecule has 2 heterocycles. The average Bonchev–Trinajstić information content (AvgIpc) is 3.06. The minimum Gasteiger partial charge on any atom is -0.483 e. The van der Waals surface area contributed by atoms with Gasteiger partial charge < -0.3 is 14.4 Å². The first-order valence-corrected chi connectivity index (χ1v) is 10.5. The van der Waals surface area contributed by atoms with Crippen molar-refractivity contribution in [3.05, 3.63) is 40.4 Å². The molecule has 1 aromatic carbocycles. The van der Waals surface area contributed by atoms with E-state index in [-0.39, 0.29) is 18.6 Å². The summed E-state index contributed by atoms with van der Waals surface area (Å²) in [6.45, 7) is 8.51. The predicted molar refractivity (Wildman–Crippen MR) is 112 cm³/mol. The minimum atomic E-state index is -0.527. The second-order valence-electron chi connectivity index (χ2n) is 7.84. The lowest BCUT2D eigenvalue weighted by Crippen LogP contribution is -2.39. The largest absolute Gasteiger partial charge is 0.483 e. The summed E-state index contributed by atoms with van der Waals surface area (Å²) in [6.07, 6.45) is 1.15. The van der Waals surface area contributed by atoms with E-state index in [1.165, 1.54) is 11.3 Å². The third-order valence-electron chi connectivity index (χ3n) is 4.34. The van der Waals surface area contributed by atoms with Crippen molar-refractivity contribution >= 4 is 28.5 Å². The fourth-order valence-electron chi connectivity index (χ4n) is 2.97. The highest BCUT2D eigenvalue weighted by molar-refractivity contribution is 7.15. The van der Waals surface area contributed by atoms with Crippen LogP contribution >= 0.6 is 11.3 Å². The number of fused-ring (bicyclic) bond motifs is 1. The quantitative estimate of drug-likeness (QED) is 0.795. The van der Waals surface area contributed by atoms with E-state index >= 15 is 0 Å². The van der Waals surface area contributed by atoms with Gasteiger partial charge in [0.2, 0.25) is 0 Å². The molecule has 3 rings (SSSR count). The Hall–Kier alpha value is -2.61. The molecule has 1 aliphatic heterocycles. The number of benzene rings is 1. The molecule has 8 heteroatoms. The van der Waals surface area contributed by atoms with Crippen LogP contribution < -0.4 is 10.1 Å². The van der Waals surface area contributed by atoms with E-state index in [2.05, 4.69) is 10.3 Å². The van der Waals surface area contributed by atoms with Gasteiger partial charge >= 0.3 is 6.09 Å². The maximum absolute atomic E-state index is 12.3. The summed E-state index contributed by atoms with van der Waals surface area (Å²) in [5, 5.41) is 3.32. The first kappa shape index (κ1) is 21.1. The number of anilines is 1. The Bertz CT molecular complexity index is 888. The normalized spacial score (nSPS) is 13.6. The van der Waals surface area contributed by atoms with Gasteiger partial charge in [-0.15, -0.1) is 0 Å². The van der Waals surface area contributed by atoms with E-state index < -0.39 is 5.60 Å².